The van der Waals surface area contributed by atoms with E-state index in [0.29, 0.717) is 11.8 Å². The van der Waals surface area contributed by atoms with Crippen molar-refractivity contribution in [3.8, 4) is 11.1 Å². The van der Waals surface area contributed by atoms with Crippen LogP contribution in [0.5, 0.6) is 0 Å². The molecule has 14 heavy (non-hydrogen) atoms. The number of rotatable bonds is 2. The minimum absolute atomic E-state index is 0.105. The fourth-order valence-electron chi connectivity index (χ4n) is 1.28. The van der Waals surface area contributed by atoms with Crippen LogP contribution >= 0.6 is 11.3 Å². The summed E-state index contributed by atoms with van der Waals surface area (Å²) in [5, 5.41) is 3.73. The molecule has 0 saturated carbocycles. The van der Waals surface area contributed by atoms with Gasteiger partial charge in [0, 0.05) is 5.56 Å². The number of hydrogen-bond acceptors (Lipinski definition) is 2. The Morgan fingerprint density at radius 2 is 2.14 bits per heavy atom. The van der Waals surface area contributed by atoms with Crippen LogP contribution in [0, 0.1) is 5.82 Å². The fraction of sp³-hybridized carbons (Fsp3) is 0. The highest BCUT2D eigenvalue weighted by molar-refractivity contribution is 7.08. The number of thiophene rings is 1. The molecule has 2 aromatic rings. The molecule has 70 valence electrons. The van der Waals surface area contributed by atoms with Gasteiger partial charge in [-0.2, -0.15) is 11.3 Å². The van der Waals surface area contributed by atoms with E-state index in [1.165, 1.54) is 17.4 Å². The number of halogens is 1. The predicted molar refractivity (Wildman–Crippen MR) is 55.1 cm³/mol. The van der Waals surface area contributed by atoms with Crippen molar-refractivity contribution in [2.24, 2.45) is 0 Å². The Morgan fingerprint density at radius 1 is 1.29 bits per heavy atom. The topological polar surface area (TPSA) is 17.1 Å². The Labute approximate surface area is 84.8 Å². The van der Waals surface area contributed by atoms with E-state index in [2.05, 4.69) is 0 Å². The van der Waals surface area contributed by atoms with Gasteiger partial charge in [-0.05, 0) is 28.5 Å². The lowest BCUT2D eigenvalue weighted by Gasteiger charge is -2.01. The monoisotopic (exact) mass is 206 g/mol. The second-order valence-electron chi connectivity index (χ2n) is 2.84. The number of benzene rings is 1. The first-order valence-corrected chi connectivity index (χ1v) is 5.03. The van der Waals surface area contributed by atoms with Gasteiger partial charge < -0.3 is 0 Å². The van der Waals surface area contributed by atoms with Gasteiger partial charge in [0.25, 0.3) is 0 Å². The molecule has 0 aliphatic heterocycles. The van der Waals surface area contributed by atoms with Crippen LogP contribution in [0.2, 0.25) is 0 Å². The Balaban J connectivity index is 2.60. The summed E-state index contributed by atoms with van der Waals surface area (Å²) in [4.78, 5) is 10.5. The predicted octanol–water partition coefficient (Wildman–Crippen LogP) is 3.37. The molecule has 0 N–H and O–H groups in total. The second kappa shape index (κ2) is 3.72. The highest BCUT2D eigenvalue weighted by atomic mass is 32.1. The summed E-state index contributed by atoms with van der Waals surface area (Å²) in [6, 6.07) is 6.65. The largest absolute Gasteiger partial charge is 0.298 e. The maximum Gasteiger partial charge on any atom is 0.153 e. The zero-order chi connectivity index (χ0) is 9.97. The summed E-state index contributed by atoms with van der Waals surface area (Å²) >= 11 is 1.50. The Morgan fingerprint density at radius 3 is 2.79 bits per heavy atom. The van der Waals surface area contributed by atoms with Gasteiger partial charge in [-0.25, -0.2) is 4.39 Å². The van der Waals surface area contributed by atoms with Gasteiger partial charge in [0.1, 0.15) is 5.82 Å². The van der Waals surface area contributed by atoms with E-state index in [0.717, 1.165) is 5.56 Å². The molecule has 2 rings (SSSR count). The average molecular weight is 206 g/mol. The van der Waals surface area contributed by atoms with E-state index < -0.39 is 5.82 Å². The van der Waals surface area contributed by atoms with Crippen LogP contribution in [0.4, 0.5) is 4.39 Å². The summed E-state index contributed by atoms with van der Waals surface area (Å²) < 4.78 is 13.6. The molecule has 1 aromatic carbocycles. The summed E-state index contributed by atoms with van der Waals surface area (Å²) in [6.07, 6.45) is 0.533. The first-order chi connectivity index (χ1) is 6.83. The molecule has 0 saturated heterocycles. The van der Waals surface area contributed by atoms with E-state index in [9.17, 15) is 9.18 Å². The molecule has 0 aliphatic carbocycles. The molecule has 1 heterocycles. The lowest BCUT2D eigenvalue weighted by molar-refractivity contribution is 0.112. The average Bonchev–Trinajstić information content (AvgIpc) is 2.71. The molecule has 0 aliphatic rings. The number of hydrogen-bond donors (Lipinski definition) is 0. The lowest BCUT2D eigenvalue weighted by atomic mass is 10.1. The van der Waals surface area contributed by atoms with E-state index >= 15 is 0 Å². The van der Waals surface area contributed by atoms with Crippen molar-refractivity contribution in [2.45, 2.75) is 0 Å². The summed E-state index contributed by atoms with van der Waals surface area (Å²) in [5.74, 6) is -0.444. The Hall–Kier alpha value is -1.48. The minimum atomic E-state index is -0.444. The maximum absolute atomic E-state index is 13.6. The molecule has 3 heteroatoms. The number of carbonyl (C=O) groups is 1. The SMILES string of the molecule is O=Cc1cccc(-c2ccsc2)c1F. The third-order valence-electron chi connectivity index (χ3n) is 1.99. The third kappa shape index (κ3) is 1.46. The van der Waals surface area contributed by atoms with Gasteiger partial charge in [-0.3, -0.25) is 4.79 Å². The first kappa shape index (κ1) is 9.09. The molecule has 0 radical (unpaired) electrons. The highest BCUT2D eigenvalue weighted by Crippen LogP contribution is 2.26. The zero-order valence-corrected chi connectivity index (χ0v) is 8.05. The normalized spacial score (nSPS) is 10.1. The fourth-order valence-corrected chi connectivity index (χ4v) is 1.94. The molecule has 0 atom stereocenters. The zero-order valence-electron chi connectivity index (χ0n) is 7.24. The van der Waals surface area contributed by atoms with Crippen LogP contribution in [0.25, 0.3) is 11.1 Å². The second-order valence-corrected chi connectivity index (χ2v) is 3.62. The van der Waals surface area contributed by atoms with E-state index in [-0.39, 0.29) is 5.56 Å². The quantitative estimate of drug-likeness (QED) is 0.688. The number of aldehydes is 1. The molecule has 0 bridgehead atoms. The third-order valence-corrected chi connectivity index (χ3v) is 2.67. The Kier molecular flexibility index (Phi) is 2.41. The van der Waals surface area contributed by atoms with Crippen LogP contribution < -0.4 is 0 Å². The van der Waals surface area contributed by atoms with Gasteiger partial charge in [0.05, 0.1) is 5.56 Å². The van der Waals surface area contributed by atoms with Crippen LogP contribution in [-0.4, -0.2) is 6.29 Å². The minimum Gasteiger partial charge on any atom is -0.298 e. The summed E-state index contributed by atoms with van der Waals surface area (Å²) in [6.45, 7) is 0. The van der Waals surface area contributed by atoms with Gasteiger partial charge in [-0.15, -0.1) is 0 Å². The van der Waals surface area contributed by atoms with Crippen molar-refractivity contribution < 1.29 is 9.18 Å². The molecule has 0 unspecified atom stereocenters. The molecule has 1 aromatic heterocycles. The smallest absolute Gasteiger partial charge is 0.153 e. The van der Waals surface area contributed by atoms with Crippen LogP contribution in [0.1, 0.15) is 10.4 Å². The van der Waals surface area contributed by atoms with Gasteiger partial charge >= 0.3 is 0 Å². The molecular formula is C11H7FOS. The van der Waals surface area contributed by atoms with E-state index in [4.69, 9.17) is 0 Å². The van der Waals surface area contributed by atoms with Crippen LogP contribution in [-0.2, 0) is 0 Å². The van der Waals surface area contributed by atoms with E-state index in [1.807, 2.05) is 16.8 Å². The van der Waals surface area contributed by atoms with Crippen LogP contribution in [0.3, 0.4) is 0 Å². The van der Waals surface area contributed by atoms with Crippen molar-refractivity contribution in [3.05, 3.63) is 46.4 Å². The first-order valence-electron chi connectivity index (χ1n) is 4.09. The molecule has 0 spiro atoms. The Bertz CT molecular complexity index is 448. The maximum atomic E-state index is 13.6. The van der Waals surface area contributed by atoms with Crippen molar-refractivity contribution in [3.63, 3.8) is 0 Å². The van der Waals surface area contributed by atoms with Crippen molar-refractivity contribution in [1.82, 2.24) is 0 Å². The lowest BCUT2D eigenvalue weighted by Crippen LogP contribution is -1.90. The van der Waals surface area contributed by atoms with Crippen LogP contribution in [0.15, 0.2) is 35.0 Å². The molecule has 1 nitrogen and oxygen atoms in total. The van der Waals surface area contributed by atoms with Gasteiger partial charge in [-0.1, -0.05) is 12.1 Å². The van der Waals surface area contributed by atoms with Gasteiger partial charge in [0.2, 0.25) is 0 Å². The molecular weight excluding hydrogens is 199 g/mol. The highest BCUT2D eigenvalue weighted by Gasteiger charge is 2.08. The number of carbonyl (C=O) groups excluding carboxylic acids is 1. The molecule has 0 fully saturated rings. The summed E-state index contributed by atoms with van der Waals surface area (Å²) in [5.41, 5.74) is 1.40. The van der Waals surface area contributed by atoms with Crippen molar-refractivity contribution in [2.75, 3.05) is 0 Å². The van der Waals surface area contributed by atoms with Gasteiger partial charge in [0.15, 0.2) is 6.29 Å². The summed E-state index contributed by atoms with van der Waals surface area (Å²) in [7, 11) is 0. The van der Waals surface area contributed by atoms with Crippen molar-refractivity contribution >= 4 is 17.6 Å². The van der Waals surface area contributed by atoms with Crippen molar-refractivity contribution in [1.29, 1.82) is 0 Å². The standard InChI is InChI=1S/C11H7FOS/c12-11-8(6-13)2-1-3-10(11)9-4-5-14-7-9/h1-7H. The van der Waals surface area contributed by atoms with E-state index in [1.54, 1.807) is 12.1 Å². The molecule has 0 amide bonds.